The first-order valence-corrected chi connectivity index (χ1v) is 8.55. The van der Waals surface area contributed by atoms with Crippen LogP contribution in [0.15, 0.2) is 35.7 Å². The van der Waals surface area contributed by atoms with Crippen molar-refractivity contribution in [1.29, 1.82) is 0 Å². The van der Waals surface area contributed by atoms with Crippen molar-refractivity contribution in [3.8, 4) is 5.75 Å². The lowest BCUT2D eigenvalue weighted by Gasteiger charge is -2.15. The number of carbonyl (C=O) groups is 1. The van der Waals surface area contributed by atoms with Gasteiger partial charge in [-0.25, -0.2) is 0 Å². The first kappa shape index (κ1) is 16.8. The number of rotatable bonds is 8. The molecule has 0 aliphatic rings. The number of hydrogen-bond acceptors (Lipinski definition) is 3. The van der Waals surface area contributed by atoms with Crippen LogP contribution < -0.4 is 4.74 Å². The molecule has 22 heavy (non-hydrogen) atoms. The SMILES string of the molecule is CCCCOc1ccc(Cl)cc1CC(C(=O)O)c1cccs1. The fourth-order valence-corrected chi connectivity index (χ4v) is 3.21. The second-order valence-electron chi connectivity index (χ2n) is 5.06. The summed E-state index contributed by atoms with van der Waals surface area (Å²) in [5.74, 6) is -0.686. The van der Waals surface area contributed by atoms with Gasteiger partial charge in [-0.15, -0.1) is 11.3 Å². The zero-order valence-electron chi connectivity index (χ0n) is 12.4. The van der Waals surface area contributed by atoms with Gasteiger partial charge in [0.15, 0.2) is 0 Å². The highest BCUT2D eigenvalue weighted by Gasteiger charge is 2.23. The van der Waals surface area contributed by atoms with Gasteiger partial charge in [0, 0.05) is 9.90 Å². The zero-order chi connectivity index (χ0) is 15.9. The molecule has 0 amide bonds. The Bertz CT molecular complexity index is 610. The molecule has 1 N–H and O–H groups in total. The molecule has 0 saturated carbocycles. The minimum Gasteiger partial charge on any atom is -0.493 e. The summed E-state index contributed by atoms with van der Waals surface area (Å²) in [6.45, 7) is 2.73. The number of carboxylic acids is 1. The van der Waals surface area contributed by atoms with Crippen LogP contribution in [-0.4, -0.2) is 17.7 Å². The summed E-state index contributed by atoms with van der Waals surface area (Å²) in [4.78, 5) is 12.4. The summed E-state index contributed by atoms with van der Waals surface area (Å²) in [5, 5.41) is 12.0. The molecule has 5 heteroatoms. The Labute approximate surface area is 139 Å². The van der Waals surface area contributed by atoms with Crippen molar-refractivity contribution >= 4 is 28.9 Å². The van der Waals surface area contributed by atoms with Crippen LogP contribution >= 0.6 is 22.9 Å². The third kappa shape index (κ3) is 4.49. The number of halogens is 1. The highest BCUT2D eigenvalue weighted by molar-refractivity contribution is 7.10. The predicted octanol–water partition coefficient (Wildman–Crippen LogP) is 4.99. The molecule has 0 bridgehead atoms. The first-order chi connectivity index (χ1) is 10.6. The number of ether oxygens (including phenoxy) is 1. The van der Waals surface area contributed by atoms with Gasteiger partial charge in [-0.05, 0) is 48.1 Å². The van der Waals surface area contributed by atoms with Crippen LogP contribution in [0.5, 0.6) is 5.75 Å². The summed E-state index contributed by atoms with van der Waals surface area (Å²) in [6.07, 6.45) is 2.39. The van der Waals surface area contributed by atoms with E-state index in [9.17, 15) is 9.90 Å². The molecule has 1 aromatic heterocycles. The number of thiophene rings is 1. The molecule has 3 nitrogen and oxygen atoms in total. The van der Waals surface area contributed by atoms with E-state index in [0.717, 1.165) is 29.0 Å². The molecule has 118 valence electrons. The molecule has 0 aliphatic carbocycles. The Balaban J connectivity index is 2.22. The van der Waals surface area contributed by atoms with E-state index in [1.807, 2.05) is 23.6 Å². The summed E-state index contributed by atoms with van der Waals surface area (Å²) < 4.78 is 5.78. The van der Waals surface area contributed by atoms with Crippen molar-refractivity contribution in [1.82, 2.24) is 0 Å². The highest BCUT2D eigenvalue weighted by atomic mass is 35.5. The van der Waals surface area contributed by atoms with E-state index >= 15 is 0 Å². The fraction of sp³-hybridized carbons (Fsp3) is 0.353. The van der Waals surface area contributed by atoms with Crippen molar-refractivity contribution in [2.75, 3.05) is 6.61 Å². The maximum absolute atomic E-state index is 11.6. The van der Waals surface area contributed by atoms with Crippen LogP contribution in [0.2, 0.25) is 5.02 Å². The Morgan fingerprint density at radius 3 is 2.86 bits per heavy atom. The summed E-state index contributed by atoms with van der Waals surface area (Å²) in [6, 6.07) is 9.11. The van der Waals surface area contributed by atoms with Gasteiger partial charge in [-0.3, -0.25) is 4.79 Å². The molecular formula is C17H19ClO3S. The van der Waals surface area contributed by atoms with E-state index in [2.05, 4.69) is 6.92 Å². The minimum absolute atomic E-state index is 0.373. The number of aliphatic carboxylic acids is 1. The van der Waals surface area contributed by atoms with Crippen LogP contribution in [0.1, 0.15) is 36.1 Å². The van der Waals surface area contributed by atoms with E-state index in [1.54, 1.807) is 12.1 Å². The van der Waals surface area contributed by atoms with Gasteiger partial charge in [-0.2, -0.15) is 0 Å². The Morgan fingerprint density at radius 1 is 1.41 bits per heavy atom. The fourth-order valence-electron chi connectivity index (χ4n) is 2.19. The lowest BCUT2D eigenvalue weighted by molar-refractivity contribution is -0.138. The normalized spacial score (nSPS) is 12.1. The van der Waals surface area contributed by atoms with Crippen molar-refractivity contribution in [2.45, 2.75) is 32.1 Å². The van der Waals surface area contributed by atoms with Crippen LogP contribution in [0.4, 0.5) is 0 Å². The predicted molar refractivity (Wildman–Crippen MR) is 90.3 cm³/mol. The average Bonchev–Trinajstić information content (AvgIpc) is 3.00. The number of unbranched alkanes of at least 4 members (excludes halogenated alkanes) is 1. The summed E-state index contributed by atoms with van der Waals surface area (Å²) in [7, 11) is 0. The molecule has 1 aromatic carbocycles. The summed E-state index contributed by atoms with van der Waals surface area (Å²) in [5.41, 5.74) is 0.837. The molecule has 1 atom stereocenters. The van der Waals surface area contributed by atoms with Gasteiger partial charge in [0.2, 0.25) is 0 Å². The zero-order valence-corrected chi connectivity index (χ0v) is 14.0. The van der Waals surface area contributed by atoms with Gasteiger partial charge >= 0.3 is 5.97 Å². The number of benzene rings is 1. The molecular weight excluding hydrogens is 320 g/mol. The first-order valence-electron chi connectivity index (χ1n) is 7.29. The van der Waals surface area contributed by atoms with E-state index in [4.69, 9.17) is 16.3 Å². The van der Waals surface area contributed by atoms with Gasteiger partial charge in [0.05, 0.1) is 12.5 Å². The standard InChI is InChI=1S/C17H19ClO3S/c1-2-3-8-21-15-7-6-13(18)10-12(15)11-14(17(19)20)16-5-4-9-22-16/h4-7,9-10,14H,2-3,8,11H2,1H3,(H,19,20). The number of carboxylic acid groups (broad SMARTS) is 1. The molecule has 0 saturated heterocycles. The van der Waals surface area contributed by atoms with E-state index in [1.165, 1.54) is 11.3 Å². The second kappa shape index (κ2) is 8.20. The van der Waals surface area contributed by atoms with E-state index in [0.29, 0.717) is 18.1 Å². The van der Waals surface area contributed by atoms with Crippen molar-refractivity contribution in [3.05, 3.63) is 51.2 Å². The van der Waals surface area contributed by atoms with Crippen LogP contribution in [0.3, 0.4) is 0 Å². The molecule has 1 unspecified atom stereocenters. The molecule has 2 rings (SSSR count). The number of hydrogen-bond donors (Lipinski definition) is 1. The molecule has 0 spiro atoms. The maximum Gasteiger partial charge on any atom is 0.312 e. The molecule has 0 aliphatic heterocycles. The van der Waals surface area contributed by atoms with Gasteiger partial charge in [-0.1, -0.05) is 31.0 Å². The van der Waals surface area contributed by atoms with Crippen LogP contribution in [0.25, 0.3) is 0 Å². The average molecular weight is 339 g/mol. The summed E-state index contributed by atoms with van der Waals surface area (Å²) >= 11 is 7.52. The van der Waals surface area contributed by atoms with Crippen molar-refractivity contribution in [2.24, 2.45) is 0 Å². The largest absolute Gasteiger partial charge is 0.493 e. The Kier molecular flexibility index (Phi) is 6.28. The van der Waals surface area contributed by atoms with Gasteiger partial charge < -0.3 is 9.84 Å². The maximum atomic E-state index is 11.6. The Hall–Kier alpha value is -1.52. The smallest absolute Gasteiger partial charge is 0.312 e. The third-order valence-corrected chi connectivity index (χ3v) is 4.61. The van der Waals surface area contributed by atoms with Crippen molar-refractivity contribution in [3.63, 3.8) is 0 Å². The topological polar surface area (TPSA) is 46.5 Å². The van der Waals surface area contributed by atoms with E-state index in [-0.39, 0.29) is 0 Å². The molecule has 1 heterocycles. The lowest BCUT2D eigenvalue weighted by Crippen LogP contribution is -2.14. The second-order valence-corrected chi connectivity index (χ2v) is 6.48. The van der Waals surface area contributed by atoms with Gasteiger partial charge in [0.1, 0.15) is 5.75 Å². The Morgan fingerprint density at radius 2 is 2.23 bits per heavy atom. The van der Waals surface area contributed by atoms with Crippen molar-refractivity contribution < 1.29 is 14.6 Å². The lowest BCUT2D eigenvalue weighted by atomic mass is 9.97. The highest BCUT2D eigenvalue weighted by Crippen LogP contribution is 2.31. The third-order valence-electron chi connectivity index (χ3n) is 3.39. The van der Waals surface area contributed by atoms with Gasteiger partial charge in [0.25, 0.3) is 0 Å². The van der Waals surface area contributed by atoms with Crippen LogP contribution in [-0.2, 0) is 11.2 Å². The molecule has 0 fully saturated rings. The quantitative estimate of drug-likeness (QED) is 0.689. The monoisotopic (exact) mass is 338 g/mol. The minimum atomic E-state index is -0.832. The molecule has 2 aromatic rings. The molecule has 0 radical (unpaired) electrons. The van der Waals surface area contributed by atoms with E-state index < -0.39 is 11.9 Å². The van der Waals surface area contributed by atoms with Crippen LogP contribution in [0, 0.1) is 0 Å².